The number of pyridine rings is 3. The number of hydrogen-bond donors (Lipinski definition) is 0. The molecule has 0 amide bonds. The zero-order chi connectivity index (χ0) is 33.3. The third-order valence-corrected chi connectivity index (χ3v) is 8.47. The Morgan fingerprint density at radius 3 is 0.917 bits per heavy atom. The molecule has 0 aliphatic rings. The summed E-state index contributed by atoms with van der Waals surface area (Å²) in [6.07, 6.45) is 5.58. The lowest BCUT2D eigenvalue weighted by Crippen LogP contribution is -2.10. The first-order valence-corrected chi connectivity index (χ1v) is 16.1. The van der Waals surface area contributed by atoms with E-state index in [4.69, 9.17) is 29.9 Å². The summed E-state index contributed by atoms with van der Waals surface area (Å²) in [5.41, 5.74) is 12.1. The van der Waals surface area contributed by atoms with Crippen LogP contribution in [0.4, 0.5) is 0 Å². The molecule has 0 saturated carbocycles. The van der Waals surface area contributed by atoms with Crippen molar-refractivity contribution in [3.05, 3.63) is 144 Å². The second-order valence-electron chi connectivity index (χ2n) is 13.2. The molecule has 234 valence electrons. The molecule has 0 radical (unpaired) electrons. The Morgan fingerprint density at radius 2 is 0.646 bits per heavy atom. The van der Waals surface area contributed by atoms with E-state index in [9.17, 15) is 0 Å². The van der Waals surface area contributed by atoms with Gasteiger partial charge < -0.3 is 0 Å². The van der Waals surface area contributed by atoms with Crippen molar-refractivity contribution in [2.45, 2.75) is 40.0 Å². The number of benzene rings is 3. The number of aromatic nitrogens is 6. The van der Waals surface area contributed by atoms with Crippen molar-refractivity contribution in [3.63, 3.8) is 0 Å². The van der Waals surface area contributed by atoms with Gasteiger partial charge in [0.05, 0.1) is 0 Å². The van der Waals surface area contributed by atoms with Crippen LogP contribution in [0.15, 0.2) is 128 Å². The van der Waals surface area contributed by atoms with Crippen molar-refractivity contribution in [1.82, 2.24) is 29.9 Å². The maximum absolute atomic E-state index is 4.85. The van der Waals surface area contributed by atoms with Crippen molar-refractivity contribution >= 4 is 0 Å². The molecular weight excluding hydrogens is 589 g/mol. The van der Waals surface area contributed by atoms with Crippen molar-refractivity contribution in [3.8, 4) is 67.9 Å². The maximum Gasteiger partial charge on any atom is 0.182 e. The van der Waals surface area contributed by atoms with Crippen LogP contribution in [0.25, 0.3) is 67.9 Å². The van der Waals surface area contributed by atoms with Crippen molar-refractivity contribution in [1.29, 1.82) is 0 Å². The van der Waals surface area contributed by atoms with Gasteiger partial charge >= 0.3 is 0 Å². The molecule has 3 aromatic carbocycles. The van der Waals surface area contributed by atoms with Crippen LogP contribution in [0, 0.1) is 13.8 Å². The lowest BCUT2D eigenvalue weighted by Gasteiger charge is -2.19. The van der Waals surface area contributed by atoms with Gasteiger partial charge in [-0.25, -0.2) is 15.0 Å². The standard InChI is InChI=1S/C42H36N6/c1-27-6-10-29(11-7-27)32-16-21-36(43-24-32)39-46-40(37-22-17-33(25-44-37)30-12-8-28(2)9-13-30)48-41(47-39)38-23-18-34(26-45-38)31-14-19-35(20-15-31)42(3,4)5/h6-26H,1-5H3. The zero-order valence-electron chi connectivity index (χ0n) is 27.8. The van der Waals surface area contributed by atoms with Gasteiger partial charge in [0.25, 0.3) is 0 Å². The summed E-state index contributed by atoms with van der Waals surface area (Å²) in [6.45, 7) is 10.8. The van der Waals surface area contributed by atoms with Gasteiger partial charge in [-0.15, -0.1) is 0 Å². The predicted molar refractivity (Wildman–Crippen MR) is 194 cm³/mol. The van der Waals surface area contributed by atoms with Crippen LogP contribution < -0.4 is 0 Å². The minimum atomic E-state index is 0.0977. The molecule has 0 aliphatic carbocycles. The fraction of sp³-hybridized carbons (Fsp3) is 0.143. The van der Waals surface area contributed by atoms with E-state index >= 15 is 0 Å². The average molecular weight is 625 g/mol. The number of rotatable bonds is 6. The van der Waals surface area contributed by atoms with Crippen molar-refractivity contribution in [2.75, 3.05) is 0 Å². The smallest absolute Gasteiger partial charge is 0.182 e. The van der Waals surface area contributed by atoms with Gasteiger partial charge in [-0.3, -0.25) is 15.0 Å². The Morgan fingerprint density at radius 1 is 0.354 bits per heavy atom. The second-order valence-corrected chi connectivity index (χ2v) is 13.2. The van der Waals surface area contributed by atoms with E-state index in [1.807, 2.05) is 48.9 Å². The molecular formula is C42H36N6. The van der Waals surface area contributed by atoms with E-state index in [1.165, 1.54) is 16.7 Å². The maximum atomic E-state index is 4.85. The van der Waals surface area contributed by atoms with Crippen LogP contribution in [-0.4, -0.2) is 29.9 Å². The van der Waals surface area contributed by atoms with Gasteiger partial charge in [0, 0.05) is 35.3 Å². The molecule has 0 unspecified atom stereocenters. The van der Waals surface area contributed by atoms with Crippen LogP contribution in [0.3, 0.4) is 0 Å². The molecule has 0 aliphatic heterocycles. The Kier molecular flexibility index (Phi) is 8.15. The highest BCUT2D eigenvalue weighted by Crippen LogP contribution is 2.29. The van der Waals surface area contributed by atoms with Gasteiger partial charge in [-0.1, -0.05) is 123 Å². The van der Waals surface area contributed by atoms with Crippen LogP contribution >= 0.6 is 0 Å². The Labute approximate surface area is 281 Å². The molecule has 4 heterocycles. The molecule has 0 saturated heterocycles. The molecule has 0 bridgehead atoms. The fourth-order valence-corrected chi connectivity index (χ4v) is 5.46. The number of nitrogens with zero attached hydrogens (tertiary/aromatic N) is 6. The Hall–Kier alpha value is -5.88. The summed E-state index contributed by atoms with van der Waals surface area (Å²) in [5, 5.41) is 0. The summed E-state index contributed by atoms with van der Waals surface area (Å²) in [5.74, 6) is 1.37. The minimum absolute atomic E-state index is 0.0977. The van der Waals surface area contributed by atoms with Crippen molar-refractivity contribution in [2.24, 2.45) is 0 Å². The summed E-state index contributed by atoms with van der Waals surface area (Å²) in [4.78, 5) is 28.9. The first kappa shape index (κ1) is 30.8. The van der Waals surface area contributed by atoms with Gasteiger partial charge in [0.15, 0.2) is 17.5 Å². The third kappa shape index (κ3) is 6.65. The highest BCUT2D eigenvalue weighted by molar-refractivity contribution is 5.70. The SMILES string of the molecule is Cc1ccc(-c2ccc(-c3nc(-c4ccc(-c5ccc(C)cc5)cn4)nc(-c4ccc(-c5ccc(C(C)(C)C)cc5)cn4)n3)nc2)cc1. The third-order valence-electron chi connectivity index (χ3n) is 8.47. The number of hydrogen-bond acceptors (Lipinski definition) is 6. The van der Waals surface area contributed by atoms with Crippen LogP contribution in [-0.2, 0) is 5.41 Å². The fourth-order valence-electron chi connectivity index (χ4n) is 5.46. The topological polar surface area (TPSA) is 77.3 Å². The molecule has 0 spiro atoms. The van der Waals surface area contributed by atoms with Crippen LogP contribution in [0.1, 0.15) is 37.5 Å². The molecule has 0 fully saturated rings. The van der Waals surface area contributed by atoms with Gasteiger partial charge in [-0.2, -0.15) is 0 Å². The predicted octanol–water partition coefficient (Wildman–Crippen LogP) is 9.97. The Bertz CT molecular complexity index is 2060. The van der Waals surface area contributed by atoms with E-state index in [-0.39, 0.29) is 5.41 Å². The minimum Gasteiger partial charge on any atom is -0.252 e. The van der Waals surface area contributed by atoms with E-state index in [0.29, 0.717) is 34.6 Å². The lowest BCUT2D eigenvalue weighted by atomic mass is 9.86. The highest BCUT2D eigenvalue weighted by atomic mass is 15.1. The zero-order valence-corrected chi connectivity index (χ0v) is 27.8. The van der Waals surface area contributed by atoms with E-state index in [2.05, 4.69) is 113 Å². The normalized spacial score (nSPS) is 11.4. The molecule has 4 aromatic heterocycles. The molecule has 0 N–H and O–H groups in total. The second kappa shape index (κ2) is 12.7. The Balaban J connectivity index is 1.25. The molecule has 6 heteroatoms. The molecule has 6 nitrogen and oxygen atoms in total. The summed E-state index contributed by atoms with van der Waals surface area (Å²) in [7, 11) is 0. The van der Waals surface area contributed by atoms with E-state index in [1.54, 1.807) is 0 Å². The molecule has 7 aromatic rings. The largest absolute Gasteiger partial charge is 0.252 e. The average Bonchev–Trinajstić information content (AvgIpc) is 3.12. The van der Waals surface area contributed by atoms with Gasteiger partial charge in [0.2, 0.25) is 0 Å². The summed E-state index contributed by atoms with van der Waals surface area (Å²) < 4.78 is 0. The number of aryl methyl sites for hydroxylation is 2. The van der Waals surface area contributed by atoms with E-state index in [0.717, 1.165) is 33.4 Å². The quantitative estimate of drug-likeness (QED) is 0.183. The van der Waals surface area contributed by atoms with Crippen molar-refractivity contribution < 1.29 is 0 Å². The monoisotopic (exact) mass is 624 g/mol. The summed E-state index contributed by atoms with van der Waals surface area (Å²) in [6, 6.07) is 37.5. The molecule has 48 heavy (non-hydrogen) atoms. The first-order valence-electron chi connectivity index (χ1n) is 16.1. The van der Waals surface area contributed by atoms with Crippen LogP contribution in [0.2, 0.25) is 0 Å². The van der Waals surface area contributed by atoms with E-state index < -0.39 is 0 Å². The van der Waals surface area contributed by atoms with Gasteiger partial charge in [0.1, 0.15) is 17.1 Å². The lowest BCUT2D eigenvalue weighted by molar-refractivity contribution is 0.590. The molecule has 7 rings (SSSR count). The van der Waals surface area contributed by atoms with Gasteiger partial charge in [-0.05, 0) is 59.7 Å². The summed E-state index contributed by atoms with van der Waals surface area (Å²) >= 11 is 0. The highest BCUT2D eigenvalue weighted by Gasteiger charge is 2.16. The molecule has 0 atom stereocenters. The van der Waals surface area contributed by atoms with Crippen LogP contribution in [0.5, 0.6) is 0 Å². The first-order chi connectivity index (χ1) is 23.2.